The molecule has 1 aromatic rings. The minimum absolute atomic E-state index is 0.285. The van der Waals surface area contributed by atoms with E-state index in [0.717, 1.165) is 24.4 Å². The first-order valence-corrected chi connectivity index (χ1v) is 7.16. The molecule has 94 valence electrons. The van der Waals surface area contributed by atoms with Gasteiger partial charge in [-0.05, 0) is 36.9 Å². The van der Waals surface area contributed by atoms with Crippen LogP contribution in [0.15, 0.2) is 12.1 Å². The first kappa shape index (κ1) is 12.8. The third-order valence-electron chi connectivity index (χ3n) is 3.41. The molecule has 2 heterocycles. The van der Waals surface area contributed by atoms with Gasteiger partial charge in [-0.3, -0.25) is 9.69 Å². The molecule has 2 nitrogen and oxygen atoms in total. The lowest BCUT2D eigenvalue weighted by Crippen LogP contribution is -2.29. The van der Waals surface area contributed by atoms with E-state index < -0.39 is 0 Å². The summed E-state index contributed by atoms with van der Waals surface area (Å²) in [6.07, 6.45) is 2.22. The van der Waals surface area contributed by atoms with Crippen molar-refractivity contribution in [3.63, 3.8) is 0 Å². The molecule has 0 bridgehead atoms. The molecule has 0 amide bonds. The van der Waals surface area contributed by atoms with Crippen LogP contribution >= 0.6 is 11.3 Å². The number of hydrogen-bond donors (Lipinski definition) is 0. The van der Waals surface area contributed by atoms with Crippen LogP contribution in [0.2, 0.25) is 0 Å². The average molecular weight is 251 g/mol. The maximum absolute atomic E-state index is 12.1. The Labute approximate surface area is 108 Å². The molecule has 0 aliphatic carbocycles. The van der Waals surface area contributed by atoms with Crippen LogP contribution in [0.5, 0.6) is 0 Å². The topological polar surface area (TPSA) is 20.3 Å². The summed E-state index contributed by atoms with van der Waals surface area (Å²) >= 11 is 1.65. The standard InChI is InChI=1S/C14H21NOS/c1-4-11-5-6-13(17-11)12(16)9-15-8-7-14(2,3)10-15/h5-6H,4,7-10H2,1-3H3. The third-order valence-corrected chi connectivity index (χ3v) is 4.68. The fourth-order valence-electron chi connectivity index (χ4n) is 2.36. The summed E-state index contributed by atoms with van der Waals surface area (Å²) in [5, 5.41) is 0. The third kappa shape index (κ3) is 3.17. The molecular formula is C14H21NOS. The number of thiophene rings is 1. The van der Waals surface area contributed by atoms with Crippen LogP contribution in [0, 0.1) is 5.41 Å². The Hall–Kier alpha value is -0.670. The Morgan fingerprint density at radius 3 is 2.76 bits per heavy atom. The van der Waals surface area contributed by atoms with Crippen molar-refractivity contribution in [2.45, 2.75) is 33.6 Å². The summed E-state index contributed by atoms with van der Waals surface area (Å²) in [6.45, 7) is 9.38. The monoisotopic (exact) mass is 251 g/mol. The molecule has 3 heteroatoms. The Morgan fingerprint density at radius 2 is 2.24 bits per heavy atom. The van der Waals surface area contributed by atoms with Gasteiger partial charge in [0.1, 0.15) is 0 Å². The van der Waals surface area contributed by atoms with Gasteiger partial charge in [0.15, 0.2) is 5.78 Å². The number of aryl methyl sites for hydroxylation is 1. The second kappa shape index (κ2) is 4.91. The van der Waals surface area contributed by atoms with E-state index in [0.29, 0.717) is 12.0 Å². The number of Topliss-reactive ketones (excluding diaryl/α,β-unsaturated/α-hetero) is 1. The molecule has 1 saturated heterocycles. The zero-order chi connectivity index (χ0) is 12.5. The van der Waals surface area contributed by atoms with Crippen molar-refractivity contribution in [2.24, 2.45) is 5.41 Å². The lowest BCUT2D eigenvalue weighted by molar-refractivity contribution is 0.0944. The molecule has 0 spiro atoms. The largest absolute Gasteiger partial charge is 0.295 e. The number of likely N-dealkylation sites (tertiary alicyclic amines) is 1. The maximum atomic E-state index is 12.1. The van der Waals surface area contributed by atoms with Crippen LogP contribution < -0.4 is 0 Å². The zero-order valence-electron chi connectivity index (χ0n) is 11.0. The Morgan fingerprint density at radius 1 is 1.47 bits per heavy atom. The summed E-state index contributed by atoms with van der Waals surface area (Å²) in [6, 6.07) is 4.05. The minimum atomic E-state index is 0.285. The second-order valence-electron chi connectivity index (χ2n) is 5.67. The van der Waals surface area contributed by atoms with E-state index in [1.807, 2.05) is 6.07 Å². The van der Waals surface area contributed by atoms with Gasteiger partial charge in [-0.2, -0.15) is 0 Å². The summed E-state index contributed by atoms with van der Waals surface area (Å²) in [4.78, 5) is 16.6. The molecule has 0 aromatic carbocycles. The molecule has 1 aromatic heterocycles. The molecular weight excluding hydrogens is 230 g/mol. The van der Waals surface area contributed by atoms with E-state index in [1.165, 1.54) is 11.3 Å². The van der Waals surface area contributed by atoms with Crippen molar-refractivity contribution in [1.29, 1.82) is 0 Å². The smallest absolute Gasteiger partial charge is 0.186 e. The van der Waals surface area contributed by atoms with Crippen LogP contribution in [0.3, 0.4) is 0 Å². The summed E-state index contributed by atoms with van der Waals surface area (Å²) in [7, 11) is 0. The maximum Gasteiger partial charge on any atom is 0.186 e. The van der Waals surface area contributed by atoms with Crippen molar-refractivity contribution in [3.8, 4) is 0 Å². The van der Waals surface area contributed by atoms with Gasteiger partial charge >= 0.3 is 0 Å². The Kier molecular flexibility index (Phi) is 3.69. The van der Waals surface area contributed by atoms with Crippen LogP contribution in [-0.4, -0.2) is 30.3 Å². The molecule has 1 aliphatic heterocycles. The lowest BCUT2D eigenvalue weighted by atomic mass is 9.93. The molecule has 0 unspecified atom stereocenters. The van der Waals surface area contributed by atoms with E-state index >= 15 is 0 Å². The second-order valence-corrected chi connectivity index (χ2v) is 6.84. The number of carbonyl (C=O) groups is 1. The van der Waals surface area contributed by atoms with Gasteiger partial charge in [0.05, 0.1) is 11.4 Å². The quantitative estimate of drug-likeness (QED) is 0.766. The fourth-order valence-corrected chi connectivity index (χ4v) is 3.24. The van der Waals surface area contributed by atoms with Crippen molar-refractivity contribution in [1.82, 2.24) is 4.90 Å². The van der Waals surface area contributed by atoms with Gasteiger partial charge in [0.25, 0.3) is 0 Å². The highest BCUT2D eigenvalue weighted by atomic mass is 32.1. The number of ketones is 1. The van der Waals surface area contributed by atoms with Gasteiger partial charge in [-0.25, -0.2) is 0 Å². The van der Waals surface area contributed by atoms with E-state index in [2.05, 4.69) is 31.7 Å². The van der Waals surface area contributed by atoms with Gasteiger partial charge in [0, 0.05) is 11.4 Å². The van der Waals surface area contributed by atoms with E-state index in [9.17, 15) is 4.79 Å². The van der Waals surface area contributed by atoms with Crippen LogP contribution in [0.1, 0.15) is 41.7 Å². The SMILES string of the molecule is CCc1ccc(C(=O)CN2CCC(C)(C)C2)s1. The molecule has 2 rings (SSSR count). The van der Waals surface area contributed by atoms with Crippen molar-refractivity contribution < 1.29 is 4.79 Å². The van der Waals surface area contributed by atoms with Gasteiger partial charge in [-0.1, -0.05) is 20.8 Å². The van der Waals surface area contributed by atoms with Crippen molar-refractivity contribution in [2.75, 3.05) is 19.6 Å². The van der Waals surface area contributed by atoms with Gasteiger partial charge in [0.2, 0.25) is 0 Å². The molecule has 0 saturated carbocycles. The Bertz CT molecular complexity index is 408. The average Bonchev–Trinajstić information content (AvgIpc) is 2.85. The molecule has 0 radical (unpaired) electrons. The van der Waals surface area contributed by atoms with Crippen molar-refractivity contribution in [3.05, 3.63) is 21.9 Å². The summed E-state index contributed by atoms with van der Waals surface area (Å²) in [5.41, 5.74) is 0.379. The van der Waals surface area contributed by atoms with Crippen molar-refractivity contribution >= 4 is 17.1 Å². The summed E-state index contributed by atoms with van der Waals surface area (Å²) < 4.78 is 0. The highest BCUT2D eigenvalue weighted by Crippen LogP contribution is 2.29. The highest BCUT2D eigenvalue weighted by Gasteiger charge is 2.30. The predicted octanol–water partition coefficient (Wildman–Crippen LogP) is 3.23. The van der Waals surface area contributed by atoms with Gasteiger partial charge in [-0.15, -0.1) is 11.3 Å². The van der Waals surface area contributed by atoms with E-state index in [4.69, 9.17) is 0 Å². The first-order chi connectivity index (χ1) is 8.00. The van der Waals surface area contributed by atoms with E-state index in [1.54, 1.807) is 11.3 Å². The normalized spacial score (nSPS) is 19.7. The Balaban J connectivity index is 1.93. The molecule has 0 atom stereocenters. The molecule has 1 fully saturated rings. The molecule has 0 N–H and O–H groups in total. The number of nitrogens with zero attached hydrogens (tertiary/aromatic N) is 1. The molecule has 17 heavy (non-hydrogen) atoms. The first-order valence-electron chi connectivity index (χ1n) is 6.34. The van der Waals surface area contributed by atoms with Gasteiger partial charge < -0.3 is 0 Å². The summed E-state index contributed by atoms with van der Waals surface area (Å²) in [5.74, 6) is 0.285. The molecule has 1 aliphatic rings. The predicted molar refractivity (Wildman–Crippen MR) is 72.9 cm³/mol. The van der Waals surface area contributed by atoms with Crippen LogP contribution in [-0.2, 0) is 6.42 Å². The van der Waals surface area contributed by atoms with Crippen LogP contribution in [0.25, 0.3) is 0 Å². The van der Waals surface area contributed by atoms with E-state index in [-0.39, 0.29) is 5.78 Å². The fraction of sp³-hybridized carbons (Fsp3) is 0.643. The zero-order valence-corrected chi connectivity index (χ0v) is 11.8. The highest BCUT2D eigenvalue weighted by molar-refractivity contribution is 7.14. The minimum Gasteiger partial charge on any atom is -0.295 e. The van der Waals surface area contributed by atoms with Crippen LogP contribution in [0.4, 0.5) is 0 Å². The number of carbonyl (C=O) groups excluding carboxylic acids is 1. The number of hydrogen-bond acceptors (Lipinski definition) is 3. The lowest BCUT2D eigenvalue weighted by Gasteiger charge is -2.18. The number of rotatable bonds is 4.